The molecule has 0 radical (unpaired) electrons. The predicted octanol–water partition coefficient (Wildman–Crippen LogP) is 4.36. The molecule has 0 bridgehead atoms. The molecular formula is C22H27NO5. The zero-order valence-corrected chi connectivity index (χ0v) is 17.0. The van der Waals surface area contributed by atoms with Crippen LogP contribution in [0.1, 0.15) is 44.2 Å². The Kier molecular flexibility index (Phi) is 5.97. The van der Waals surface area contributed by atoms with Gasteiger partial charge < -0.3 is 24.3 Å². The van der Waals surface area contributed by atoms with Crippen LogP contribution in [0.25, 0.3) is 0 Å². The van der Waals surface area contributed by atoms with E-state index in [2.05, 4.69) is 5.32 Å². The molecule has 0 spiro atoms. The van der Waals surface area contributed by atoms with E-state index in [0.717, 1.165) is 11.1 Å². The zero-order valence-electron chi connectivity index (χ0n) is 17.0. The van der Waals surface area contributed by atoms with E-state index >= 15 is 0 Å². The summed E-state index contributed by atoms with van der Waals surface area (Å²) in [5.74, 6) is 2.48. The van der Waals surface area contributed by atoms with Gasteiger partial charge in [-0.25, -0.2) is 0 Å². The van der Waals surface area contributed by atoms with E-state index in [9.17, 15) is 4.79 Å². The van der Waals surface area contributed by atoms with Gasteiger partial charge in [0.15, 0.2) is 11.5 Å². The predicted molar refractivity (Wildman–Crippen MR) is 108 cm³/mol. The van der Waals surface area contributed by atoms with Crippen LogP contribution < -0.4 is 24.3 Å². The van der Waals surface area contributed by atoms with Crippen LogP contribution in [0.3, 0.4) is 0 Å². The Morgan fingerprint density at radius 3 is 2.50 bits per heavy atom. The van der Waals surface area contributed by atoms with Crippen LogP contribution in [-0.2, 0) is 4.79 Å². The van der Waals surface area contributed by atoms with Crippen molar-refractivity contribution in [3.8, 4) is 23.0 Å². The minimum absolute atomic E-state index is 0.0406. The molecular weight excluding hydrogens is 358 g/mol. The van der Waals surface area contributed by atoms with Gasteiger partial charge in [-0.05, 0) is 38.5 Å². The third kappa shape index (κ3) is 4.01. The molecule has 2 aromatic carbocycles. The standard InChI is InChI=1S/C22H27NO5/c1-6-27-19-9-14(7-8-18(19)28-13(2)3)16-12-21(24)23-17-10-15(25-4)11-20(26-5)22(16)17/h7-11,13,16H,6,12H2,1-5H3,(H,23,24)/t16-/m1/s1. The molecule has 0 aliphatic carbocycles. The number of rotatable bonds is 7. The molecule has 2 aromatic rings. The van der Waals surface area contributed by atoms with Gasteiger partial charge in [0.25, 0.3) is 0 Å². The van der Waals surface area contributed by atoms with Gasteiger partial charge in [0, 0.05) is 30.0 Å². The SMILES string of the molecule is CCOc1cc([C@H]2CC(=O)Nc3cc(OC)cc(OC)c32)ccc1OC(C)C. The first-order valence-electron chi connectivity index (χ1n) is 9.46. The summed E-state index contributed by atoms with van der Waals surface area (Å²) in [5, 5.41) is 2.93. The normalized spacial score (nSPS) is 15.6. The van der Waals surface area contributed by atoms with E-state index in [4.69, 9.17) is 18.9 Å². The van der Waals surface area contributed by atoms with Crippen molar-refractivity contribution in [3.63, 3.8) is 0 Å². The van der Waals surface area contributed by atoms with Crippen LogP contribution in [0.5, 0.6) is 23.0 Å². The second-order valence-corrected chi connectivity index (χ2v) is 6.90. The summed E-state index contributed by atoms with van der Waals surface area (Å²) in [6.45, 7) is 6.41. The van der Waals surface area contributed by atoms with Crippen molar-refractivity contribution in [2.45, 2.75) is 39.2 Å². The summed E-state index contributed by atoms with van der Waals surface area (Å²) in [6.07, 6.45) is 0.366. The second-order valence-electron chi connectivity index (χ2n) is 6.90. The maximum absolute atomic E-state index is 12.4. The fraction of sp³-hybridized carbons (Fsp3) is 0.409. The van der Waals surface area contributed by atoms with Gasteiger partial charge >= 0.3 is 0 Å². The van der Waals surface area contributed by atoms with E-state index in [0.29, 0.717) is 41.7 Å². The van der Waals surface area contributed by atoms with Gasteiger partial charge in [-0.3, -0.25) is 4.79 Å². The number of anilines is 1. The van der Waals surface area contributed by atoms with E-state index in [1.165, 1.54) is 0 Å². The Labute approximate surface area is 165 Å². The molecule has 0 saturated carbocycles. The summed E-state index contributed by atoms with van der Waals surface area (Å²) in [6, 6.07) is 9.50. The Morgan fingerprint density at radius 1 is 1.07 bits per heavy atom. The first kappa shape index (κ1) is 19.9. The van der Waals surface area contributed by atoms with Crippen molar-refractivity contribution in [3.05, 3.63) is 41.5 Å². The lowest BCUT2D eigenvalue weighted by molar-refractivity contribution is -0.116. The summed E-state index contributed by atoms with van der Waals surface area (Å²) in [4.78, 5) is 12.4. The van der Waals surface area contributed by atoms with Gasteiger partial charge in [0.05, 0.1) is 32.6 Å². The molecule has 6 nitrogen and oxygen atoms in total. The summed E-state index contributed by atoms with van der Waals surface area (Å²) >= 11 is 0. The lowest BCUT2D eigenvalue weighted by Crippen LogP contribution is -2.24. The number of hydrogen-bond acceptors (Lipinski definition) is 5. The number of ether oxygens (including phenoxy) is 4. The Hall–Kier alpha value is -2.89. The minimum atomic E-state index is -0.156. The Morgan fingerprint density at radius 2 is 1.86 bits per heavy atom. The monoisotopic (exact) mass is 385 g/mol. The average molecular weight is 385 g/mol. The highest BCUT2D eigenvalue weighted by atomic mass is 16.5. The highest BCUT2D eigenvalue weighted by Crippen LogP contribution is 2.46. The van der Waals surface area contributed by atoms with E-state index in [1.54, 1.807) is 14.2 Å². The maximum Gasteiger partial charge on any atom is 0.225 e. The lowest BCUT2D eigenvalue weighted by atomic mass is 9.84. The number of carbonyl (C=O) groups excluding carboxylic acids is 1. The third-order valence-electron chi connectivity index (χ3n) is 4.62. The smallest absolute Gasteiger partial charge is 0.225 e. The molecule has 28 heavy (non-hydrogen) atoms. The molecule has 1 heterocycles. The molecule has 6 heteroatoms. The van der Waals surface area contributed by atoms with Crippen molar-refractivity contribution < 1.29 is 23.7 Å². The van der Waals surface area contributed by atoms with Gasteiger partial charge in [-0.2, -0.15) is 0 Å². The minimum Gasteiger partial charge on any atom is -0.497 e. The fourth-order valence-corrected chi connectivity index (χ4v) is 3.49. The van der Waals surface area contributed by atoms with Gasteiger partial charge in [0.2, 0.25) is 5.91 Å². The van der Waals surface area contributed by atoms with Crippen molar-refractivity contribution in [1.29, 1.82) is 0 Å². The highest BCUT2D eigenvalue weighted by Gasteiger charge is 2.31. The quantitative estimate of drug-likeness (QED) is 0.767. The van der Waals surface area contributed by atoms with E-state index in [-0.39, 0.29) is 17.9 Å². The largest absolute Gasteiger partial charge is 0.497 e. The number of nitrogens with one attached hydrogen (secondary N) is 1. The van der Waals surface area contributed by atoms with Gasteiger partial charge in [-0.15, -0.1) is 0 Å². The lowest BCUT2D eigenvalue weighted by Gasteiger charge is -2.29. The summed E-state index contributed by atoms with van der Waals surface area (Å²) in [5.41, 5.74) is 2.61. The molecule has 0 fully saturated rings. The number of carbonyl (C=O) groups is 1. The highest BCUT2D eigenvalue weighted by molar-refractivity contribution is 5.96. The molecule has 1 N–H and O–H groups in total. The second kappa shape index (κ2) is 8.42. The Bertz CT molecular complexity index is 862. The van der Waals surface area contributed by atoms with Crippen molar-refractivity contribution in [2.24, 2.45) is 0 Å². The molecule has 0 saturated heterocycles. The van der Waals surface area contributed by atoms with Crippen LogP contribution in [0, 0.1) is 0 Å². The maximum atomic E-state index is 12.4. The van der Waals surface area contributed by atoms with E-state index in [1.807, 2.05) is 51.1 Å². The van der Waals surface area contributed by atoms with Crippen molar-refractivity contribution in [2.75, 3.05) is 26.1 Å². The van der Waals surface area contributed by atoms with Crippen LogP contribution in [-0.4, -0.2) is 32.8 Å². The first-order chi connectivity index (χ1) is 13.5. The molecule has 3 rings (SSSR count). The van der Waals surface area contributed by atoms with Gasteiger partial charge in [-0.1, -0.05) is 6.07 Å². The number of amides is 1. The van der Waals surface area contributed by atoms with Crippen LogP contribution in [0.4, 0.5) is 5.69 Å². The molecule has 1 amide bonds. The molecule has 1 atom stereocenters. The van der Waals surface area contributed by atoms with Gasteiger partial charge in [0.1, 0.15) is 11.5 Å². The zero-order chi connectivity index (χ0) is 20.3. The molecule has 1 aliphatic rings. The number of hydrogen-bond donors (Lipinski definition) is 1. The van der Waals surface area contributed by atoms with Crippen LogP contribution in [0.2, 0.25) is 0 Å². The van der Waals surface area contributed by atoms with Crippen LogP contribution >= 0.6 is 0 Å². The van der Waals surface area contributed by atoms with E-state index < -0.39 is 0 Å². The molecule has 150 valence electrons. The summed E-state index contributed by atoms with van der Waals surface area (Å²) < 4.78 is 22.6. The third-order valence-corrected chi connectivity index (χ3v) is 4.62. The van der Waals surface area contributed by atoms with Crippen molar-refractivity contribution >= 4 is 11.6 Å². The summed E-state index contributed by atoms with van der Waals surface area (Å²) in [7, 11) is 3.21. The van der Waals surface area contributed by atoms with Crippen LogP contribution in [0.15, 0.2) is 30.3 Å². The average Bonchev–Trinajstić information content (AvgIpc) is 2.67. The number of benzene rings is 2. The topological polar surface area (TPSA) is 66.0 Å². The fourth-order valence-electron chi connectivity index (χ4n) is 3.49. The molecule has 0 unspecified atom stereocenters. The molecule has 1 aliphatic heterocycles. The number of fused-ring (bicyclic) bond motifs is 1. The van der Waals surface area contributed by atoms with Crippen molar-refractivity contribution in [1.82, 2.24) is 0 Å². The molecule has 0 aromatic heterocycles. The Balaban J connectivity index is 2.09. The first-order valence-corrected chi connectivity index (χ1v) is 9.46. The number of methoxy groups -OCH3 is 2.